The maximum Gasteiger partial charge on any atom is 0.222 e. The third-order valence-corrected chi connectivity index (χ3v) is 5.31. The number of ether oxygens (including phenoxy) is 1. The number of unbranched alkanes of at least 4 members (excludes halogenated alkanes) is 4. The van der Waals surface area contributed by atoms with Gasteiger partial charge in [-0.1, -0.05) is 78.1 Å². The second-order valence-corrected chi connectivity index (χ2v) is 8.09. The van der Waals surface area contributed by atoms with E-state index in [-0.39, 0.29) is 17.9 Å². The van der Waals surface area contributed by atoms with E-state index in [1.807, 2.05) is 6.92 Å². The molecule has 0 spiro atoms. The average Bonchev–Trinajstić information content (AvgIpc) is 2.68. The molecule has 0 aliphatic carbocycles. The summed E-state index contributed by atoms with van der Waals surface area (Å²) in [5.74, 6) is 7.45. The van der Waals surface area contributed by atoms with E-state index in [1.54, 1.807) is 0 Å². The van der Waals surface area contributed by atoms with Gasteiger partial charge in [-0.05, 0) is 12.8 Å². The van der Waals surface area contributed by atoms with Crippen molar-refractivity contribution in [2.24, 2.45) is 11.8 Å². The standard InChI is InChI=1S/C23H42N2O2/c1-5-7-9-10-14-21(4)23(26)24-18-22-19-25(16-17-27-22)15-11-13-20(3)12-8-6-2/h20-22H,5-10,12,14-19H2,1-4H3,(H,24,26)/t20?,21?,22-/m1/s1. The molecule has 1 heterocycles. The van der Waals surface area contributed by atoms with Gasteiger partial charge in [0.1, 0.15) is 0 Å². The number of nitrogens with zero attached hydrogens (tertiary/aromatic N) is 1. The normalized spacial score (nSPS) is 19.8. The molecule has 1 aliphatic rings. The quantitative estimate of drug-likeness (QED) is 0.408. The molecule has 1 fully saturated rings. The fourth-order valence-electron chi connectivity index (χ4n) is 3.36. The molecule has 2 unspecified atom stereocenters. The van der Waals surface area contributed by atoms with Crippen molar-refractivity contribution >= 4 is 5.91 Å². The lowest BCUT2D eigenvalue weighted by Crippen LogP contribution is -2.48. The van der Waals surface area contributed by atoms with Gasteiger partial charge in [-0.2, -0.15) is 0 Å². The molecule has 4 nitrogen and oxygen atoms in total. The molecule has 1 amide bonds. The first-order valence-corrected chi connectivity index (χ1v) is 11.2. The van der Waals surface area contributed by atoms with E-state index in [2.05, 4.69) is 42.8 Å². The van der Waals surface area contributed by atoms with Crippen LogP contribution in [0.15, 0.2) is 0 Å². The van der Waals surface area contributed by atoms with E-state index >= 15 is 0 Å². The Morgan fingerprint density at radius 2 is 1.93 bits per heavy atom. The van der Waals surface area contributed by atoms with E-state index in [0.717, 1.165) is 39.1 Å². The van der Waals surface area contributed by atoms with Crippen molar-refractivity contribution in [1.29, 1.82) is 0 Å². The second kappa shape index (κ2) is 14.9. The molecule has 1 aliphatic heterocycles. The number of amides is 1. The predicted octanol–water partition coefficient (Wildman–Crippen LogP) is 4.24. The van der Waals surface area contributed by atoms with Gasteiger partial charge in [0.15, 0.2) is 0 Å². The highest BCUT2D eigenvalue weighted by atomic mass is 16.5. The fraction of sp³-hybridized carbons (Fsp3) is 0.870. The van der Waals surface area contributed by atoms with Crippen LogP contribution in [-0.4, -0.2) is 49.7 Å². The molecule has 0 saturated carbocycles. The van der Waals surface area contributed by atoms with Gasteiger partial charge in [0.25, 0.3) is 0 Å². The minimum Gasteiger partial charge on any atom is -0.374 e. The Morgan fingerprint density at radius 1 is 1.15 bits per heavy atom. The number of morpholine rings is 1. The van der Waals surface area contributed by atoms with Crippen LogP contribution in [0.25, 0.3) is 0 Å². The largest absolute Gasteiger partial charge is 0.374 e. The monoisotopic (exact) mass is 378 g/mol. The summed E-state index contributed by atoms with van der Waals surface area (Å²) in [4.78, 5) is 14.6. The van der Waals surface area contributed by atoms with Gasteiger partial charge in [0, 0.05) is 31.5 Å². The van der Waals surface area contributed by atoms with Gasteiger partial charge < -0.3 is 10.1 Å². The summed E-state index contributed by atoms with van der Waals surface area (Å²) >= 11 is 0. The molecule has 1 N–H and O–H groups in total. The van der Waals surface area contributed by atoms with Crippen LogP contribution in [0, 0.1) is 23.7 Å². The van der Waals surface area contributed by atoms with Crippen LogP contribution < -0.4 is 5.32 Å². The van der Waals surface area contributed by atoms with Crippen molar-refractivity contribution in [3.63, 3.8) is 0 Å². The molecule has 4 heteroatoms. The SMILES string of the molecule is CCCCCCC(C)C(=O)NC[C@@H]1CN(CC#CC(C)CCCC)CCO1. The smallest absolute Gasteiger partial charge is 0.222 e. The highest BCUT2D eigenvalue weighted by Crippen LogP contribution is 2.11. The van der Waals surface area contributed by atoms with E-state index < -0.39 is 0 Å². The second-order valence-electron chi connectivity index (χ2n) is 8.09. The Labute approximate surface area is 167 Å². The molecule has 1 rings (SSSR count). The molecule has 0 radical (unpaired) electrons. The van der Waals surface area contributed by atoms with Crippen LogP contribution in [0.2, 0.25) is 0 Å². The third-order valence-electron chi connectivity index (χ3n) is 5.31. The zero-order valence-corrected chi connectivity index (χ0v) is 18.2. The van der Waals surface area contributed by atoms with Crippen molar-refractivity contribution in [2.75, 3.05) is 32.8 Å². The summed E-state index contributed by atoms with van der Waals surface area (Å²) in [6.07, 6.45) is 9.62. The van der Waals surface area contributed by atoms with E-state index in [1.165, 1.54) is 38.5 Å². The van der Waals surface area contributed by atoms with Crippen molar-refractivity contribution in [2.45, 2.75) is 85.2 Å². The maximum atomic E-state index is 12.3. The zero-order valence-electron chi connectivity index (χ0n) is 18.2. The van der Waals surface area contributed by atoms with Crippen LogP contribution in [-0.2, 0) is 9.53 Å². The van der Waals surface area contributed by atoms with Crippen molar-refractivity contribution in [3.05, 3.63) is 0 Å². The average molecular weight is 379 g/mol. The van der Waals surface area contributed by atoms with E-state index in [0.29, 0.717) is 12.5 Å². The zero-order chi connectivity index (χ0) is 19.9. The molecule has 1 saturated heterocycles. The van der Waals surface area contributed by atoms with Crippen LogP contribution in [0.1, 0.15) is 79.1 Å². The van der Waals surface area contributed by atoms with Crippen LogP contribution in [0.4, 0.5) is 0 Å². The number of hydrogen-bond acceptors (Lipinski definition) is 3. The van der Waals surface area contributed by atoms with Crippen molar-refractivity contribution in [1.82, 2.24) is 10.2 Å². The lowest BCUT2D eigenvalue weighted by Gasteiger charge is -2.32. The highest BCUT2D eigenvalue weighted by Gasteiger charge is 2.21. The Morgan fingerprint density at radius 3 is 2.67 bits per heavy atom. The van der Waals surface area contributed by atoms with Gasteiger partial charge in [0.05, 0.1) is 19.3 Å². The number of carbonyl (C=O) groups excluding carboxylic acids is 1. The topological polar surface area (TPSA) is 41.6 Å². The number of nitrogens with one attached hydrogen (secondary N) is 1. The van der Waals surface area contributed by atoms with Gasteiger partial charge in [-0.15, -0.1) is 0 Å². The molecular formula is C23H42N2O2. The lowest BCUT2D eigenvalue weighted by molar-refractivity contribution is -0.125. The van der Waals surface area contributed by atoms with Gasteiger partial charge in [-0.3, -0.25) is 9.69 Å². The number of rotatable bonds is 12. The van der Waals surface area contributed by atoms with E-state index in [9.17, 15) is 4.79 Å². The Hall–Kier alpha value is -1.05. The summed E-state index contributed by atoms with van der Waals surface area (Å²) in [6, 6.07) is 0. The van der Waals surface area contributed by atoms with Crippen LogP contribution in [0.3, 0.4) is 0 Å². The highest BCUT2D eigenvalue weighted by molar-refractivity contribution is 5.78. The molecule has 27 heavy (non-hydrogen) atoms. The Balaban J connectivity index is 2.24. The molecular weight excluding hydrogens is 336 g/mol. The van der Waals surface area contributed by atoms with Crippen LogP contribution >= 0.6 is 0 Å². The van der Waals surface area contributed by atoms with Gasteiger partial charge in [-0.25, -0.2) is 0 Å². The summed E-state index contributed by atoms with van der Waals surface area (Å²) in [7, 11) is 0. The molecule has 0 bridgehead atoms. The first-order valence-electron chi connectivity index (χ1n) is 11.2. The third kappa shape index (κ3) is 11.4. The first-order chi connectivity index (χ1) is 13.1. The molecule has 3 atom stereocenters. The van der Waals surface area contributed by atoms with Gasteiger partial charge in [0.2, 0.25) is 5.91 Å². The number of carbonyl (C=O) groups is 1. The predicted molar refractivity (Wildman–Crippen MR) is 114 cm³/mol. The summed E-state index contributed by atoms with van der Waals surface area (Å²) in [5.41, 5.74) is 0. The van der Waals surface area contributed by atoms with Gasteiger partial charge >= 0.3 is 0 Å². The maximum absolute atomic E-state index is 12.3. The number of hydrogen-bond donors (Lipinski definition) is 1. The van der Waals surface area contributed by atoms with Crippen molar-refractivity contribution < 1.29 is 9.53 Å². The Bertz CT molecular complexity index is 455. The first kappa shape index (κ1) is 24.0. The molecule has 156 valence electrons. The molecule has 0 aromatic heterocycles. The summed E-state index contributed by atoms with van der Waals surface area (Å²) < 4.78 is 5.83. The summed E-state index contributed by atoms with van der Waals surface area (Å²) in [5, 5.41) is 3.08. The minimum absolute atomic E-state index is 0.0781. The van der Waals surface area contributed by atoms with E-state index in [4.69, 9.17) is 4.74 Å². The summed E-state index contributed by atoms with van der Waals surface area (Å²) in [6.45, 7) is 12.6. The minimum atomic E-state index is 0.0781. The van der Waals surface area contributed by atoms with Crippen LogP contribution in [0.5, 0.6) is 0 Å². The van der Waals surface area contributed by atoms with Crippen molar-refractivity contribution in [3.8, 4) is 11.8 Å². The Kier molecular flexibility index (Phi) is 13.3. The lowest BCUT2D eigenvalue weighted by atomic mass is 10.0. The molecule has 0 aromatic rings. The molecule has 0 aromatic carbocycles. The fourth-order valence-corrected chi connectivity index (χ4v) is 3.36.